The first-order chi connectivity index (χ1) is 9.63. The molecule has 1 aromatic carbocycles. The monoisotopic (exact) mass is 272 g/mol. The number of benzene rings is 1. The summed E-state index contributed by atoms with van der Waals surface area (Å²) in [4.78, 5) is 11.7. The molecular weight excluding hydrogens is 252 g/mol. The van der Waals surface area contributed by atoms with Gasteiger partial charge in [0.1, 0.15) is 0 Å². The van der Waals surface area contributed by atoms with E-state index >= 15 is 0 Å². The lowest BCUT2D eigenvalue weighted by atomic mass is 10.2. The van der Waals surface area contributed by atoms with Gasteiger partial charge >= 0.3 is 0 Å². The molecule has 20 heavy (non-hydrogen) atoms. The van der Waals surface area contributed by atoms with Crippen LogP contribution in [0, 0.1) is 0 Å². The maximum atomic E-state index is 11.7. The van der Waals surface area contributed by atoms with Crippen molar-refractivity contribution < 1.29 is 4.79 Å². The standard InChI is InChI=1S/C15H20N4O/c1-12(2)16-10-15(20)18-14-6-4-13(5-7-14)11-19-9-3-8-17-19/h3-9,12,16H,10-11H2,1-2H3,(H,18,20). The van der Waals surface area contributed by atoms with Crippen molar-refractivity contribution in [2.24, 2.45) is 0 Å². The predicted molar refractivity (Wildman–Crippen MR) is 79.5 cm³/mol. The van der Waals surface area contributed by atoms with Crippen LogP contribution in [0.4, 0.5) is 5.69 Å². The second-order valence-electron chi connectivity index (χ2n) is 4.98. The molecule has 106 valence electrons. The lowest BCUT2D eigenvalue weighted by Crippen LogP contribution is -2.32. The number of hydrogen-bond acceptors (Lipinski definition) is 3. The van der Waals surface area contributed by atoms with E-state index in [1.165, 1.54) is 0 Å². The summed E-state index contributed by atoms with van der Waals surface area (Å²) < 4.78 is 1.86. The van der Waals surface area contributed by atoms with Gasteiger partial charge in [-0.1, -0.05) is 26.0 Å². The SMILES string of the molecule is CC(C)NCC(=O)Nc1ccc(Cn2cccn2)cc1. The van der Waals surface area contributed by atoms with Crippen LogP contribution in [0.2, 0.25) is 0 Å². The van der Waals surface area contributed by atoms with Gasteiger partial charge in [-0.25, -0.2) is 0 Å². The smallest absolute Gasteiger partial charge is 0.238 e. The van der Waals surface area contributed by atoms with Crippen LogP contribution < -0.4 is 10.6 Å². The van der Waals surface area contributed by atoms with Crippen molar-refractivity contribution in [3.05, 3.63) is 48.3 Å². The second kappa shape index (κ2) is 6.86. The molecule has 1 heterocycles. The third-order valence-electron chi connectivity index (χ3n) is 2.81. The fourth-order valence-electron chi connectivity index (χ4n) is 1.78. The molecule has 0 aliphatic rings. The molecule has 2 N–H and O–H groups in total. The molecule has 0 spiro atoms. The van der Waals surface area contributed by atoms with Crippen LogP contribution in [0.5, 0.6) is 0 Å². The van der Waals surface area contributed by atoms with Gasteiger partial charge in [0.25, 0.3) is 0 Å². The number of aromatic nitrogens is 2. The van der Waals surface area contributed by atoms with E-state index in [4.69, 9.17) is 0 Å². The average molecular weight is 272 g/mol. The fourth-order valence-corrected chi connectivity index (χ4v) is 1.78. The number of rotatable bonds is 6. The second-order valence-corrected chi connectivity index (χ2v) is 4.98. The Labute approximate surface area is 119 Å². The summed E-state index contributed by atoms with van der Waals surface area (Å²) in [5.74, 6) is -0.0291. The Morgan fingerprint density at radius 3 is 2.65 bits per heavy atom. The summed E-state index contributed by atoms with van der Waals surface area (Å²) in [5, 5.41) is 10.1. The van der Waals surface area contributed by atoms with E-state index in [1.54, 1.807) is 6.20 Å². The molecule has 0 saturated carbocycles. The van der Waals surface area contributed by atoms with Gasteiger partial charge in [-0.15, -0.1) is 0 Å². The molecule has 2 aromatic rings. The Bertz CT molecular complexity index is 532. The topological polar surface area (TPSA) is 59.0 Å². The number of nitrogens with zero attached hydrogens (tertiary/aromatic N) is 2. The first kappa shape index (κ1) is 14.3. The third-order valence-corrected chi connectivity index (χ3v) is 2.81. The highest BCUT2D eigenvalue weighted by atomic mass is 16.1. The van der Waals surface area contributed by atoms with Gasteiger partial charge in [0.15, 0.2) is 0 Å². The third kappa shape index (κ3) is 4.51. The average Bonchev–Trinajstić information content (AvgIpc) is 2.92. The Kier molecular flexibility index (Phi) is 4.90. The van der Waals surface area contributed by atoms with Crippen molar-refractivity contribution in [3.8, 4) is 0 Å². The number of carbonyl (C=O) groups is 1. The Morgan fingerprint density at radius 1 is 1.30 bits per heavy atom. The van der Waals surface area contributed by atoms with Gasteiger partial charge in [0.2, 0.25) is 5.91 Å². The summed E-state index contributed by atoms with van der Waals surface area (Å²) in [5.41, 5.74) is 1.96. The highest BCUT2D eigenvalue weighted by molar-refractivity contribution is 5.92. The summed E-state index contributed by atoms with van der Waals surface area (Å²) in [6, 6.07) is 10.0. The van der Waals surface area contributed by atoms with E-state index in [-0.39, 0.29) is 5.91 Å². The molecular formula is C15H20N4O. The highest BCUT2D eigenvalue weighted by Crippen LogP contribution is 2.10. The molecule has 0 aliphatic heterocycles. The summed E-state index contributed by atoms with van der Waals surface area (Å²) in [7, 11) is 0. The zero-order valence-electron chi connectivity index (χ0n) is 11.8. The first-order valence-electron chi connectivity index (χ1n) is 6.73. The van der Waals surface area contributed by atoms with E-state index in [1.807, 2.05) is 55.1 Å². The lowest BCUT2D eigenvalue weighted by Gasteiger charge is -2.09. The van der Waals surface area contributed by atoms with Crippen LogP contribution in [0.1, 0.15) is 19.4 Å². The van der Waals surface area contributed by atoms with Crippen molar-refractivity contribution in [1.29, 1.82) is 0 Å². The molecule has 0 fully saturated rings. The summed E-state index contributed by atoms with van der Waals surface area (Å²) in [6.07, 6.45) is 3.68. The van der Waals surface area contributed by atoms with Crippen molar-refractivity contribution in [2.75, 3.05) is 11.9 Å². The molecule has 0 saturated heterocycles. The number of anilines is 1. The van der Waals surface area contributed by atoms with E-state index in [9.17, 15) is 4.79 Å². The van der Waals surface area contributed by atoms with Crippen LogP contribution in [0.3, 0.4) is 0 Å². The van der Waals surface area contributed by atoms with Gasteiger partial charge in [-0.2, -0.15) is 5.10 Å². The minimum Gasteiger partial charge on any atom is -0.325 e. The minimum atomic E-state index is -0.0291. The van der Waals surface area contributed by atoms with Crippen molar-refractivity contribution in [1.82, 2.24) is 15.1 Å². The number of hydrogen-bond donors (Lipinski definition) is 2. The van der Waals surface area contributed by atoms with Crippen LogP contribution in [0.25, 0.3) is 0 Å². The predicted octanol–water partition coefficient (Wildman–Crippen LogP) is 1.87. The Balaban J connectivity index is 1.86. The maximum Gasteiger partial charge on any atom is 0.238 e. The first-order valence-corrected chi connectivity index (χ1v) is 6.73. The highest BCUT2D eigenvalue weighted by Gasteiger charge is 2.03. The Hall–Kier alpha value is -2.14. The molecule has 5 heteroatoms. The van der Waals surface area contributed by atoms with Gasteiger partial charge in [-0.05, 0) is 23.8 Å². The molecule has 5 nitrogen and oxygen atoms in total. The molecule has 0 radical (unpaired) electrons. The van der Waals surface area contributed by atoms with E-state index in [0.717, 1.165) is 17.8 Å². The van der Waals surface area contributed by atoms with Crippen LogP contribution >= 0.6 is 0 Å². The molecule has 1 amide bonds. The summed E-state index contributed by atoms with van der Waals surface area (Å²) in [6.45, 7) is 5.08. The van der Waals surface area contributed by atoms with Crippen LogP contribution in [-0.4, -0.2) is 28.3 Å². The molecule has 0 bridgehead atoms. The Morgan fingerprint density at radius 2 is 2.05 bits per heavy atom. The van der Waals surface area contributed by atoms with E-state index in [0.29, 0.717) is 12.6 Å². The van der Waals surface area contributed by atoms with Crippen molar-refractivity contribution >= 4 is 11.6 Å². The van der Waals surface area contributed by atoms with Crippen molar-refractivity contribution in [3.63, 3.8) is 0 Å². The van der Waals surface area contributed by atoms with Crippen molar-refractivity contribution in [2.45, 2.75) is 26.4 Å². The largest absolute Gasteiger partial charge is 0.325 e. The molecule has 2 rings (SSSR count). The lowest BCUT2D eigenvalue weighted by molar-refractivity contribution is -0.115. The molecule has 0 atom stereocenters. The summed E-state index contributed by atoms with van der Waals surface area (Å²) >= 11 is 0. The van der Waals surface area contributed by atoms with E-state index in [2.05, 4.69) is 15.7 Å². The van der Waals surface area contributed by atoms with Gasteiger partial charge in [0, 0.05) is 24.1 Å². The number of nitrogens with one attached hydrogen (secondary N) is 2. The van der Waals surface area contributed by atoms with Gasteiger partial charge in [0.05, 0.1) is 13.1 Å². The fraction of sp³-hybridized carbons (Fsp3) is 0.333. The molecule has 0 aliphatic carbocycles. The minimum absolute atomic E-state index is 0.0291. The van der Waals surface area contributed by atoms with Gasteiger partial charge in [-0.3, -0.25) is 9.48 Å². The number of amides is 1. The van der Waals surface area contributed by atoms with Crippen LogP contribution in [0.15, 0.2) is 42.7 Å². The molecule has 1 aromatic heterocycles. The van der Waals surface area contributed by atoms with E-state index < -0.39 is 0 Å². The maximum absolute atomic E-state index is 11.7. The zero-order chi connectivity index (χ0) is 14.4. The number of carbonyl (C=O) groups excluding carboxylic acids is 1. The van der Waals surface area contributed by atoms with Gasteiger partial charge < -0.3 is 10.6 Å². The molecule has 0 unspecified atom stereocenters. The van der Waals surface area contributed by atoms with Crippen LogP contribution in [-0.2, 0) is 11.3 Å². The normalized spacial score (nSPS) is 10.8. The zero-order valence-corrected chi connectivity index (χ0v) is 11.8. The quantitative estimate of drug-likeness (QED) is 0.844.